The molecule has 0 radical (unpaired) electrons. The monoisotopic (exact) mass is 307 g/mol. The lowest BCUT2D eigenvalue weighted by Crippen LogP contribution is -2.23. The third kappa shape index (κ3) is 2.66. The number of H-pyrrole nitrogens is 1. The van der Waals surface area contributed by atoms with Gasteiger partial charge in [0.15, 0.2) is 0 Å². The first-order chi connectivity index (χ1) is 9.20. The van der Waals surface area contributed by atoms with E-state index in [1.54, 1.807) is 0 Å². The van der Waals surface area contributed by atoms with Gasteiger partial charge in [-0.05, 0) is 24.3 Å². The van der Waals surface area contributed by atoms with Crippen LogP contribution in [0.1, 0.15) is 0 Å². The number of nitrogen functional groups attached to an aromatic ring is 1. The molecule has 1 heterocycles. The number of alkyl halides is 3. The molecule has 0 spiro atoms. The average molecular weight is 307 g/mol. The topological polar surface area (TPSA) is 114 Å². The Labute approximate surface area is 110 Å². The van der Waals surface area contributed by atoms with Gasteiger partial charge < -0.3 is 11.1 Å². The zero-order valence-electron chi connectivity index (χ0n) is 9.64. The zero-order chi connectivity index (χ0) is 15.0. The summed E-state index contributed by atoms with van der Waals surface area (Å²) in [7, 11) is -5.35. The molecule has 7 nitrogen and oxygen atoms in total. The predicted molar refractivity (Wildman–Crippen MR) is 63.8 cm³/mol. The predicted octanol–water partition coefficient (Wildman–Crippen LogP) is 1.42. The highest BCUT2D eigenvalue weighted by atomic mass is 32.2. The van der Waals surface area contributed by atoms with Crippen molar-refractivity contribution >= 4 is 27.4 Å². The molecule has 0 aliphatic heterocycles. The Morgan fingerprint density at radius 3 is 2.25 bits per heavy atom. The number of rotatable bonds is 3. The van der Waals surface area contributed by atoms with Gasteiger partial charge in [0.25, 0.3) is 9.84 Å². The fourth-order valence-electron chi connectivity index (χ4n) is 1.31. The van der Waals surface area contributed by atoms with Crippen LogP contribution in [-0.2, 0) is 9.84 Å². The van der Waals surface area contributed by atoms with E-state index in [1.807, 2.05) is 0 Å². The van der Waals surface area contributed by atoms with E-state index in [4.69, 9.17) is 5.73 Å². The number of benzene rings is 1. The zero-order valence-corrected chi connectivity index (χ0v) is 10.5. The van der Waals surface area contributed by atoms with Gasteiger partial charge in [0, 0.05) is 5.69 Å². The summed E-state index contributed by atoms with van der Waals surface area (Å²) in [5, 5.41) is 8.64. The number of sulfone groups is 1. The second-order valence-corrected chi connectivity index (χ2v) is 5.58. The summed E-state index contributed by atoms with van der Waals surface area (Å²) in [5.41, 5.74) is 0.265. The van der Waals surface area contributed by atoms with Gasteiger partial charge in [0.1, 0.15) is 0 Å². The molecule has 1 aromatic heterocycles. The van der Waals surface area contributed by atoms with Crippen LogP contribution < -0.4 is 11.1 Å². The summed E-state index contributed by atoms with van der Waals surface area (Å²) in [5.74, 6) is 0.165. The van der Waals surface area contributed by atoms with Gasteiger partial charge in [-0.3, -0.25) is 0 Å². The SMILES string of the molecule is Nc1nc(Nc2ccc(S(=O)(=O)C(F)(F)F)cc2)n[nH]1. The van der Waals surface area contributed by atoms with Gasteiger partial charge in [-0.15, -0.1) is 5.10 Å². The van der Waals surface area contributed by atoms with E-state index in [0.29, 0.717) is 5.69 Å². The van der Waals surface area contributed by atoms with Gasteiger partial charge in [0.2, 0.25) is 11.9 Å². The van der Waals surface area contributed by atoms with Crippen molar-refractivity contribution in [1.82, 2.24) is 15.2 Å². The molecule has 108 valence electrons. The Morgan fingerprint density at radius 2 is 1.80 bits per heavy atom. The first kappa shape index (κ1) is 14.1. The van der Waals surface area contributed by atoms with Crippen molar-refractivity contribution in [3.63, 3.8) is 0 Å². The van der Waals surface area contributed by atoms with Crippen molar-refractivity contribution in [2.75, 3.05) is 11.1 Å². The Morgan fingerprint density at radius 1 is 1.20 bits per heavy atom. The van der Waals surface area contributed by atoms with E-state index >= 15 is 0 Å². The first-order valence-corrected chi connectivity index (χ1v) is 6.55. The molecular formula is C9H8F3N5O2S. The minimum absolute atomic E-state index is 0.0590. The molecule has 0 aliphatic carbocycles. The number of halogens is 3. The largest absolute Gasteiger partial charge is 0.501 e. The highest BCUT2D eigenvalue weighted by Gasteiger charge is 2.46. The maximum absolute atomic E-state index is 12.3. The number of aromatic nitrogens is 3. The van der Waals surface area contributed by atoms with Crippen LogP contribution in [0.3, 0.4) is 0 Å². The molecule has 2 aromatic rings. The van der Waals surface area contributed by atoms with Crippen LogP contribution in [0.2, 0.25) is 0 Å². The molecular weight excluding hydrogens is 299 g/mol. The summed E-state index contributed by atoms with van der Waals surface area (Å²) in [6.45, 7) is 0. The number of hydrogen-bond donors (Lipinski definition) is 3. The molecule has 0 saturated carbocycles. The quantitative estimate of drug-likeness (QED) is 0.790. The lowest BCUT2D eigenvalue weighted by atomic mass is 10.3. The van der Waals surface area contributed by atoms with Gasteiger partial charge in [-0.25, -0.2) is 13.5 Å². The fourth-order valence-corrected chi connectivity index (χ4v) is 2.07. The Kier molecular flexibility index (Phi) is 3.29. The lowest BCUT2D eigenvalue weighted by Gasteiger charge is -2.08. The third-order valence-electron chi connectivity index (χ3n) is 2.23. The van der Waals surface area contributed by atoms with Crippen molar-refractivity contribution in [1.29, 1.82) is 0 Å². The minimum Gasteiger partial charge on any atom is -0.368 e. The number of aromatic amines is 1. The van der Waals surface area contributed by atoms with Crippen LogP contribution in [0.5, 0.6) is 0 Å². The number of nitrogens with zero attached hydrogens (tertiary/aromatic N) is 2. The molecule has 0 atom stereocenters. The molecule has 20 heavy (non-hydrogen) atoms. The van der Waals surface area contributed by atoms with Crippen molar-refractivity contribution in [2.45, 2.75) is 10.4 Å². The summed E-state index contributed by atoms with van der Waals surface area (Å²) in [6, 6.07) is 3.98. The molecule has 0 aliphatic rings. The highest BCUT2D eigenvalue weighted by molar-refractivity contribution is 7.92. The van der Waals surface area contributed by atoms with E-state index in [1.165, 1.54) is 0 Å². The fraction of sp³-hybridized carbons (Fsp3) is 0.111. The van der Waals surface area contributed by atoms with Crippen molar-refractivity contribution in [3.05, 3.63) is 24.3 Å². The van der Waals surface area contributed by atoms with Crippen LogP contribution in [0, 0.1) is 0 Å². The Bertz CT molecular complexity index is 708. The number of nitrogens with one attached hydrogen (secondary N) is 2. The maximum atomic E-state index is 12.3. The second kappa shape index (κ2) is 4.67. The van der Waals surface area contributed by atoms with E-state index in [2.05, 4.69) is 20.5 Å². The summed E-state index contributed by atoms with van der Waals surface area (Å²) >= 11 is 0. The molecule has 0 saturated heterocycles. The van der Waals surface area contributed by atoms with E-state index in [0.717, 1.165) is 24.3 Å². The number of anilines is 3. The third-order valence-corrected chi connectivity index (χ3v) is 3.73. The van der Waals surface area contributed by atoms with Crippen LogP contribution in [0.4, 0.5) is 30.8 Å². The van der Waals surface area contributed by atoms with Crippen LogP contribution >= 0.6 is 0 Å². The standard InChI is InChI=1S/C9H8F3N5O2S/c10-9(11,12)20(18,19)6-3-1-5(2-4-6)14-8-15-7(13)16-17-8/h1-4H,(H4,13,14,15,16,17). The number of hydrogen-bond acceptors (Lipinski definition) is 6. The molecule has 0 unspecified atom stereocenters. The number of nitrogens with two attached hydrogens (primary N) is 1. The highest BCUT2D eigenvalue weighted by Crippen LogP contribution is 2.30. The van der Waals surface area contributed by atoms with Crippen molar-refractivity contribution < 1.29 is 21.6 Å². The lowest BCUT2D eigenvalue weighted by molar-refractivity contribution is -0.0436. The van der Waals surface area contributed by atoms with E-state index < -0.39 is 20.2 Å². The van der Waals surface area contributed by atoms with Crippen molar-refractivity contribution in [3.8, 4) is 0 Å². The second-order valence-electron chi connectivity index (χ2n) is 3.64. The van der Waals surface area contributed by atoms with Crippen molar-refractivity contribution in [2.24, 2.45) is 0 Å². The molecule has 0 bridgehead atoms. The molecule has 11 heteroatoms. The summed E-state index contributed by atoms with van der Waals surface area (Å²) in [6.07, 6.45) is 0. The summed E-state index contributed by atoms with van der Waals surface area (Å²) < 4.78 is 59.3. The molecule has 0 fully saturated rings. The molecule has 4 N–H and O–H groups in total. The normalized spacial score (nSPS) is 12.3. The van der Waals surface area contributed by atoms with Crippen LogP contribution in [-0.4, -0.2) is 29.1 Å². The molecule has 0 amide bonds. The molecule has 1 aromatic carbocycles. The minimum atomic E-state index is -5.35. The summed E-state index contributed by atoms with van der Waals surface area (Å²) in [4.78, 5) is 2.88. The average Bonchev–Trinajstić information content (AvgIpc) is 2.74. The van der Waals surface area contributed by atoms with E-state index in [-0.39, 0.29) is 11.9 Å². The molecule has 2 rings (SSSR count). The van der Waals surface area contributed by atoms with Gasteiger partial charge in [0.05, 0.1) is 4.90 Å². The van der Waals surface area contributed by atoms with Gasteiger partial charge in [-0.2, -0.15) is 18.2 Å². The van der Waals surface area contributed by atoms with Gasteiger partial charge in [-0.1, -0.05) is 0 Å². The smallest absolute Gasteiger partial charge is 0.368 e. The maximum Gasteiger partial charge on any atom is 0.501 e. The van der Waals surface area contributed by atoms with Crippen LogP contribution in [0.15, 0.2) is 29.2 Å². The van der Waals surface area contributed by atoms with Crippen LogP contribution in [0.25, 0.3) is 0 Å². The van der Waals surface area contributed by atoms with Gasteiger partial charge >= 0.3 is 5.51 Å². The Balaban J connectivity index is 2.23. The Hall–Kier alpha value is -2.30. The first-order valence-electron chi connectivity index (χ1n) is 5.06. The van der Waals surface area contributed by atoms with E-state index in [9.17, 15) is 21.6 Å².